The first-order valence-corrected chi connectivity index (χ1v) is 11.0. The summed E-state index contributed by atoms with van der Waals surface area (Å²) in [5.41, 5.74) is 0.480. The second-order valence-corrected chi connectivity index (χ2v) is 8.66. The fourth-order valence-electron chi connectivity index (χ4n) is 4.75. The van der Waals surface area contributed by atoms with Crippen molar-refractivity contribution in [2.45, 2.75) is 63.5 Å². The summed E-state index contributed by atoms with van der Waals surface area (Å²) >= 11 is 0. The van der Waals surface area contributed by atoms with E-state index in [1.165, 1.54) is 43.9 Å². The molecule has 0 unspecified atom stereocenters. The molecule has 1 aromatic rings. The van der Waals surface area contributed by atoms with Crippen molar-refractivity contribution in [3.05, 3.63) is 71.8 Å². The average Bonchev–Trinajstić information content (AvgIpc) is 2.76. The third kappa shape index (κ3) is 6.62. The van der Waals surface area contributed by atoms with Crippen molar-refractivity contribution < 1.29 is 13.2 Å². The maximum atomic E-state index is 12.7. The predicted molar refractivity (Wildman–Crippen MR) is 115 cm³/mol. The van der Waals surface area contributed by atoms with Gasteiger partial charge < -0.3 is 0 Å². The summed E-state index contributed by atoms with van der Waals surface area (Å²) < 4.78 is 38.2. The van der Waals surface area contributed by atoms with Crippen molar-refractivity contribution in [1.29, 1.82) is 5.26 Å². The first kappa shape index (κ1) is 22.4. The lowest BCUT2D eigenvalue weighted by molar-refractivity contribution is -0.137. The Morgan fingerprint density at radius 3 is 1.73 bits per heavy atom. The van der Waals surface area contributed by atoms with Crippen LogP contribution >= 0.6 is 0 Å². The summed E-state index contributed by atoms with van der Waals surface area (Å²) in [5.74, 6) is 2.27. The molecule has 0 heterocycles. The summed E-state index contributed by atoms with van der Waals surface area (Å²) in [5, 5.41) is 8.50. The standard InChI is InChI=1S/C26H30F3N/c27-26(28,29)25-17-15-24(16-18-25)23-13-11-22(12-14-23)10-9-21-7-5-20(6-8-21)4-2-1-3-19-30/h1-4,9-10,15-18,20-23H,5-8,11-14H2. The number of hydrogen-bond acceptors (Lipinski definition) is 1. The first-order chi connectivity index (χ1) is 14.5. The highest BCUT2D eigenvalue weighted by Crippen LogP contribution is 2.38. The van der Waals surface area contributed by atoms with Crippen molar-refractivity contribution in [3.63, 3.8) is 0 Å². The summed E-state index contributed by atoms with van der Waals surface area (Å²) in [6.45, 7) is 0. The number of nitrogens with zero attached hydrogens (tertiary/aromatic N) is 1. The quantitative estimate of drug-likeness (QED) is 0.273. The molecule has 0 amide bonds. The molecule has 0 atom stereocenters. The zero-order chi connectivity index (χ0) is 21.4. The van der Waals surface area contributed by atoms with Gasteiger partial charge in [0, 0.05) is 6.08 Å². The fraction of sp³-hybridized carbons (Fsp3) is 0.500. The van der Waals surface area contributed by atoms with Crippen LogP contribution in [0.4, 0.5) is 13.2 Å². The van der Waals surface area contributed by atoms with E-state index >= 15 is 0 Å². The van der Waals surface area contributed by atoms with E-state index in [0.717, 1.165) is 31.2 Å². The summed E-state index contributed by atoms with van der Waals surface area (Å²) in [6, 6.07) is 7.75. The average molecular weight is 414 g/mol. The summed E-state index contributed by atoms with van der Waals surface area (Å²) in [4.78, 5) is 0. The van der Waals surface area contributed by atoms with Gasteiger partial charge in [-0.1, -0.05) is 42.5 Å². The molecular weight excluding hydrogens is 383 g/mol. The second-order valence-electron chi connectivity index (χ2n) is 8.66. The van der Waals surface area contributed by atoms with Crippen LogP contribution in [-0.2, 0) is 6.18 Å². The lowest BCUT2D eigenvalue weighted by atomic mass is 9.77. The minimum absolute atomic E-state index is 0.384. The van der Waals surface area contributed by atoms with Crippen molar-refractivity contribution >= 4 is 0 Å². The highest BCUT2D eigenvalue weighted by atomic mass is 19.4. The van der Waals surface area contributed by atoms with E-state index in [1.807, 2.05) is 12.1 Å². The molecule has 2 aliphatic carbocycles. The zero-order valence-electron chi connectivity index (χ0n) is 17.3. The van der Waals surface area contributed by atoms with E-state index in [1.54, 1.807) is 18.2 Å². The smallest absolute Gasteiger partial charge is 0.193 e. The number of hydrogen-bond donors (Lipinski definition) is 0. The molecule has 0 radical (unpaired) electrons. The third-order valence-electron chi connectivity index (χ3n) is 6.62. The monoisotopic (exact) mass is 413 g/mol. The molecule has 2 fully saturated rings. The number of nitriles is 1. The minimum Gasteiger partial charge on any atom is -0.193 e. The lowest BCUT2D eigenvalue weighted by Crippen LogP contribution is -2.14. The third-order valence-corrected chi connectivity index (χ3v) is 6.62. The number of rotatable bonds is 5. The molecule has 160 valence electrons. The van der Waals surface area contributed by atoms with Crippen LogP contribution in [0.15, 0.2) is 60.7 Å². The Balaban J connectivity index is 1.41. The molecule has 2 aliphatic rings. The van der Waals surface area contributed by atoms with E-state index in [2.05, 4.69) is 18.2 Å². The van der Waals surface area contributed by atoms with Crippen molar-refractivity contribution in [1.82, 2.24) is 0 Å². The van der Waals surface area contributed by atoms with Gasteiger partial charge in [0.25, 0.3) is 0 Å². The van der Waals surface area contributed by atoms with Gasteiger partial charge in [-0.3, -0.25) is 0 Å². The minimum atomic E-state index is -4.26. The SMILES string of the molecule is N#CC=CC=CC1CCC(C=CC2CCC(c3ccc(C(F)(F)F)cc3)CC2)CC1. The molecule has 3 rings (SSSR count). The zero-order valence-corrected chi connectivity index (χ0v) is 17.3. The normalized spacial score (nSPS) is 28.3. The Morgan fingerprint density at radius 2 is 1.23 bits per heavy atom. The second kappa shape index (κ2) is 10.7. The Bertz CT molecular complexity index is 779. The number of alkyl halides is 3. The van der Waals surface area contributed by atoms with Crippen molar-refractivity contribution in [3.8, 4) is 6.07 Å². The number of benzene rings is 1. The topological polar surface area (TPSA) is 23.8 Å². The molecule has 0 spiro atoms. The Morgan fingerprint density at radius 1 is 0.733 bits per heavy atom. The van der Waals surface area contributed by atoms with Gasteiger partial charge in [0.05, 0.1) is 11.6 Å². The molecule has 1 nitrogen and oxygen atoms in total. The van der Waals surface area contributed by atoms with Gasteiger partial charge in [-0.2, -0.15) is 18.4 Å². The molecule has 0 aliphatic heterocycles. The summed E-state index contributed by atoms with van der Waals surface area (Å²) in [7, 11) is 0. The van der Waals surface area contributed by atoms with Crippen LogP contribution in [0.1, 0.15) is 68.4 Å². The van der Waals surface area contributed by atoms with E-state index in [-0.39, 0.29) is 0 Å². The molecule has 2 saturated carbocycles. The Kier molecular flexibility index (Phi) is 7.96. The van der Waals surface area contributed by atoms with Crippen molar-refractivity contribution in [2.24, 2.45) is 17.8 Å². The van der Waals surface area contributed by atoms with Gasteiger partial charge in [-0.15, -0.1) is 0 Å². The molecular formula is C26H30F3N. The van der Waals surface area contributed by atoms with Gasteiger partial charge >= 0.3 is 6.18 Å². The molecule has 0 bridgehead atoms. The maximum Gasteiger partial charge on any atom is 0.416 e. The lowest BCUT2D eigenvalue weighted by Gasteiger charge is -2.28. The van der Waals surface area contributed by atoms with Crippen LogP contribution in [0.25, 0.3) is 0 Å². The van der Waals surface area contributed by atoms with Crippen LogP contribution in [0, 0.1) is 29.1 Å². The van der Waals surface area contributed by atoms with Gasteiger partial charge in [-0.05, 0) is 92.7 Å². The highest BCUT2D eigenvalue weighted by Gasteiger charge is 2.30. The van der Waals surface area contributed by atoms with E-state index < -0.39 is 11.7 Å². The fourth-order valence-corrected chi connectivity index (χ4v) is 4.75. The molecule has 1 aromatic carbocycles. The maximum absolute atomic E-state index is 12.7. The van der Waals surface area contributed by atoms with Crippen molar-refractivity contribution in [2.75, 3.05) is 0 Å². The van der Waals surface area contributed by atoms with E-state index in [4.69, 9.17) is 5.26 Å². The first-order valence-electron chi connectivity index (χ1n) is 11.0. The summed E-state index contributed by atoms with van der Waals surface area (Å²) in [6.07, 6.45) is 17.2. The predicted octanol–water partition coefficient (Wildman–Crippen LogP) is 7.98. The Hall–Kier alpha value is -2.28. The van der Waals surface area contributed by atoms with Gasteiger partial charge in [0.1, 0.15) is 0 Å². The van der Waals surface area contributed by atoms with E-state index in [0.29, 0.717) is 23.7 Å². The van der Waals surface area contributed by atoms with Gasteiger partial charge in [-0.25, -0.2) is 0 Å². The molecule has 0 N–H and O–H groups in total. The largest absolute Gasteiger partial charge is 0.416 e. The van der Waals surface area contributed by atoms with Gasteiger partial charge in [0.2, 0.25) is 0 Å². The van der Waals surface area contributed by atoms with Crippen LogP contribution in [0.3, 0.4) is 0 Å². The number of allylic oxidation sites excluding steroid dienone is 6. The highest BCUT2D eigenvalue weighted by molar-refractivity contribution is 5.27. The van der Waals surface area contributed by atoms with Crippen LogP contribution < -0.4 is 0 Å². The molecule has 0 aromatic heterocycles. The van der Waals surface area contributed by atoms with Crippen LogP contribution in [0.2, 0.25) is 0 Å². The Labute approximate surface area is 178 Å². The van der Waals surface area contributed by atoms with Crippen LogP contribution in [0.5, 0.6) is 0 Å². The van der Waals surface area contributed by atoms with Gasteiger partial charge in [0.15, 0.2) is 0 Å². The molecule has 0 saturated heterocycles. The van der Waals surface area contributed by atoms with E-state index in [9.17, 15) is 13.2 Å². The molecule has 4 heteroatoms. The molecule has 30 heavy (non-hydrogen) atoms. The van der Waals surface area contributed by atoms with Crippen LogP contribution in [-0.4, -0.2) is 0 Å². The number of halogens is 3.